The molecule has 0 heterocycles. The molecule has 2 aromatic carbocycles. The van der Waals surface area contributed by atoms with Crippen LogP contribution >= 0.6 is 0 Å². The van der Waals surface area contributed by atoms with Crippen LogP contribution in [0.4, 0.5) is 10.1 Å². The summed E-state index contributed by atoms with van der Waals surface area (Å²) in [7, 11) is 0. The van der Waals surface area contributed by atoms with E-state index in [1.807, 2.05) is 43.3 Å². The average Bonchev–Trinajstić information content (AvgIpc) is 2.50. The van der Waals surface area contributed by atoms with Crippen molar-refractivity contribution in [1.82, 2.24) is 5.32 Å². The summed E-state index contributed by atoms with van der Waals surface area (Å²) in [6.45, 7) is 2.59. The van der Waals surface area contributed by atoms with E-state index in [9.17, 15) is 9.18 Å². The smallest absolute Gasteiger partial charge is 0.225 e. The number of amides is 1. The van der Waals surface area contributed by atoms with Crippen molar-refractivity contribution < 1.29 is 9.18 Å². The van der Waals surface area contributed by atoms with Gasteiger partial charge < -0.3 is 10.6 Å². The number of anilines is 1. The van der Waals surface area contributed by atoms with Gasteiger partial charge in [-0.1, -0.05) is 36.4 Å². The van der Waals surface area contributed by atoms with Crippen LogP contribution < -0.4 is 10.6 Å². The monoisotopic (exact) mass is 300 g/mol. The fraction of sp³-hybridized carbons (Fsp3) is 0.278. The van der Waals surface area contributed by atoms with Crippen LogP contribution in [0, 0.1) is 5.82 Å². The Labute approximate surface area is 130 Å². The predicted molar refractivity (Wildman–Crippen MR) is 87.3 cm³/mol. The maximum Gasteiger partial charge on any atom is 0.225 e. The van der Waals surface area contributed by atoms with Crippen molar-refractivity contribution in [3.05, 3.63) is 66.0 Å². The third-order valence-electron chi connectivity index (χ3n) is 3.39. The lowest BCUT2D eigenvalue weighted by molar-refractivity contribution is -0.116. The van der Waals surface area contributed by atoms with Crippen LogP contribution in [0.1, 0.15) is 18.9 Å². The largest absolute Gasteiger partial charge is 0.326 e. The van der Waals surface area contributed by atoms with Gasteiger partial charge in [0.15, 0.2) is 0 Å². The third kappa shape index (κ3) is 5.30. The third-order valence-corrected chi connectivity index (χ3v) is 3.39. The van der Waals surface area contributed by atoms with Gasteiger partial charge in [-0.15, -0.1) is 0 Å². The van der Waals surface area contributed by atoms with Gasteiger partial charge in [-0.25, -0.2) is 4.39 Å². The number of halogens is 1. The molecule has 0 fully saturated rings. The molecule has 0 aliphatic carbocycles. The lowest BCUT2D eigenvalue weighted by atomic mass is 10.1. The first-order valence-corrected chi connectivity index (χ1v) is 7.47. The molecule has 0 bridgehead atoms. The Bertz CT molecular complexity index is 601. The Morgan fingerprint density at radius 2 is 1.77 bits per heavy atom. The number of rotatable bonds is 7. The Hall–Kier alpha value is -2.20. The van der Waals surface area contributed by atoms with Gasteiger partial charge in [0.1, 0.15) is 5.82 Å². The van der Waals surface area contributed by atoms with E-state index in [4.69, 9.17) is 0 Å². The Balaban J connectivity index is 1.70. The van der Waals surface area contributed by atoms with E-state index >= 15 is 0 Å². The van der Waals surface area contributed by atoms with Crippen LogP contribution in [0.15, 0.2) is 54.6 Å². The summed E-state index contributed by atoms with van der Waals surface area (Å²) in [4.78, 5) is 11.9. The molecular weight excluding hydrogens is 279 g/mol. The van der Waals surface area contributed by atoms with Crippen molar-refractivity contribution in [3.8, 4) is 0 Å². The SMILES string of the molecule is C[C@@H](CC(=O)Nc1ccccc1)NCCc1ccccc1F. The van der Waals surface area contributed by atoms with Gasteiger partial charge in [-0.2, -0.15) is 0 Å². The van der Waals surface area contributed by atoms with Crippen molar-refractivity contribution in [2.45, 2.75) is 25.8 Å². The van der Waals surface area contributed by atoms with Crippen molar-refractivity contribution in [3.63, 3.8) is 0 Å². The molecule has 3 nitrogen and oxygen atoms in total. The Morgan fingerprint density at radius 1 is 1.09 bits per heavy atom. The number of carbonyl (C=O) groups excluding carboxylic acids is 1. The summed E-state index contributed by atoms with van der Waals surface area (Å²) in [6, 6.07) is 16.2. The molecule has 2 N–H and O–H groups in total. The quantitative estimate of drug-likeness (QED) is 0.823. The lowest BCUT2D eigenvalue weighted by Gasteiger charge is -2.14. The van der Waals surface area contributed by atoms with Crippen molar-refractivity contribution in [2.75, 3.05) is 11.9 Å². The average molecular weight is 300 g/mol. The standard InChI is InChI=1S/C18H21FN2O/c1-14(13-18(22)21-16-8-3-2-4-9-16)20-12-11-15-7-5-6-10-17(15)19/h2-10,14,20H,11-13H2,1H3,(H,21,22)/t14-/m0/s1. The van der Waals surface area contributed by atoms with Gasteiger partial charge in [0.05, 0.1) is 0 Å². The molecular formula is C18H21FN2O. The van der Waals surface area contributed by atoms with E-state index in [1.165, 1.54) is 6.07 Å². The molecule has 4 heteroatoms. The summed E-state index contributed by atoms with van der Waals surface area (Å²) in [5.41, 5.74) is 1.49. The first-order valence-electron chi connectivity index (χ1n) is 7.47. The fourth-order valence-electron chi connectivity index (χ4n) is 2.24. The van der Waals surface area contributed by atoms with Gasteiger partial charge in [0, 0.05) is 18.2 Å². The number of nitrogens with one attached hydrogen (secondary N) is 2. The lowest BCUT2D eigenvalue weighted by Crippen LogP contribution is -2.32. The van der Waals surface area contributed by atoms with E-state index in [0.717, 1.165) is 5.69 Å². The molecule has 1 atom stereocenters. The minimum absolute atomic E-state index is 0.0305. The van der Waals surface area contributed by atoms with Crippen LogP contribution in [0.2, 0.25) is 0 Å². The van der Waals surface area contributed by atoms with Crippen molar-refractivity contribution >= 4 is 11.6 Å². The highest BCUT2D eigenvalue weighted by molar-refractivity contribution is 5.90. The second kappa shape index (κ2) is 8.29. The topological polar surface area (TPSA) is 41.1 Å². The van der Waals surface area contributed by atoms with Crippen molar-refractivity contribution in [1.29, 1.82) is 0 Å². The van der Waals surface area contributed by atoms with Crippen LogP contribution in [0.3, 0.4) is 0 Å². The van der Waals surface area contributed by atoms with Crippen LogP contribution in [0.25, 0.3) is 0 Å². The molecule has 0 radical (unpaired) electrons. The minimum Gasteiger partial charge on any atom is -0.326 e. The summed E-state index contributed by atoms with van der Waals surface area (Å²) in [5, 5.41) is 6.10. The first kappa shape index (κ1) is 16.2. The molecule has 1 amide bonds. The van der Waals surface area contributed by atoms with Gasteiger partial charge >= 0.3 is 0 Å². The Morgan fingerprint density at radius 3 is 2.50 bits per heavy atom. The molecule has 0 aromatic heterocycles. The molecule has 0 saturated heterocycles. The highest BCUT2D eigenvalue weighted by atomic mass is 19.1. The number of para-hydroxylation sites is 1. The van der Waals surface area contributed by atoms with Crippen LogP contribution in [-0.2, 0) is 11.2 Å². The Kier molecular flexibility index (Phi) is 6.10. The molecule has 2 rings (SSSR count). The van der Waals surface area contributed by atoms with E-state index in [1.54, 1.807) is 12.1 Å². The van der Waals surface area contributed by atoms with Crippen molar-refractivity contribution in [2.24, 2.45) is 0 Å². The van der Waals surface area contributed by atoms with E-state index < -0.39 is 0 Å². The molecule has 2 aromatic rings. The van der Waals surface area contributed by atoms with Gasteiger partial charge in [0.2, 0.25) is 5.91 Å². The zero-order valence-electron chi connectivity index (χ0n) is 12.7. The molecule has 0 aliphatic heterocycles. The first-order chi connectivity index (χ1) is 10.6. The highest BCUT2D eigenvalue weighted by Crippen LogP contribution is 2.08. The zero-order chi connectivity index (χ0) is 15.8. The van der Waals surface area contributed by atoms with E-state index in [0.29, 0.717) is 24.9 Å². The number of hydrogen-bond acceptors (Lipinski definition) is 2. The number of hydrogen-bond donors (Lipinski definition) is 2. The van der Waals surface area contributed by atoms with E-state index in [-0.39, 0.29) is 17.8 Å². The van der Waals surface area contributed by atoms with Crippen LogP contribution in [0.5, 0.6) is 0 Å². The zero-order valence-corrected chi connectivity index (χ0v) is 12.7. The maximum absolute atomic E-state index is 13.5. The summed E-state index contributed by atoms with van der Waals surface area (Å²) in [6.07, 6.45) is 0.990. The predicted octanol–water partition coefficient (Wildman–Crippen LogP) is 3.38. The fourth-order valence-corrected chi connectivity index (χ4v) is 2.24. The molecule has 22 heavy (non-hydrogen) atoms. The second-order valence-electron chi connectivity index (χ2n) is 5.31. The van der Waals surface area contributed by atoms with Gasteiger partial charge in [-0.3, -0.25) is 4.79 Å². The molecule has 116 valence electrons. The molecule has 0 saturated carbocycles. The van der Waals surface area contributed by atoms with Gasteiger partial charge in [-0.05, 0) is 43.7 Å². The molecule has 0 unspecified atom stereocenters. The van der Waals surface area contributed by atoms with E-state index in [2.05, 4.69) is 10.6 Å². The minimum atomic E-state index is -0.182. The molecule has 0 aliphatic rings. The second-order valence-corrected chi connectivity index (χ2v) is 5.31. The highest BCUT2D eigenvalue weighted by Gasteiger charge is 2.09. The normalized spacial score (nSPS) is 11.9. The van der Waals surface area contributed by atoms with Gasteiger partial charge in [0.25, 0.3) is 0 Å². The number of benzene rings is 2. The molecule has 0 spiro atoms. The maximum atomic E-state index is 13.5. The summed E-state index contributed by atoms with van der Waals surface area (Å²) < 4.78 is 13.5. The summed E-state index contributed by atoms with van der Waals surface area (Å²) >= 11 is 0. The summed E-state index contributed by atoms with van der Waals surface area (Å²) in [5.74, 6) is -0.212. The number of carbonyl (C=O) groups is 1. The van der Waals surface area contributed by atoms with Crippen LogP contribution in [-0.4, -0.2) is 18.5 Å².